The van der Waals surface area contributed by atoms with Crippen molar-refractivity contribution >= 4 is 36.0 Å². The zero-order valence-electron chi connectivity index (χ0n) is 17.0. The molecule has 2 bridgehead atoms. The van der Waals surface area contributed by atoms with E-state index in [1.54, 1.807) is 25.3 Å². The third kappa shape index (κ3) is 3.57. The molecule has 1 unspecified atom stereocenters. The van der Waals surface area contributed by atoms with Crippen LogP contribution in [0.4, 0.5) is 0 Å². The molecule has 2 aliphatic heterocycles. The Morgan fingerprint density at radius 1 is 1.10 bits per heavy atom. The van der Waals surface area contributed by atoms with Gasteiger partial charge in [0.05, 0.1) is 18.3 Å². The number of carbonyl (C=O) groups excluding carboxylic acids is 3. The summed E-state index contributed by atoms with van der Waals surface area (Å²) in [5, 5.41) is 0. The van der Waals surface area contributed by atoms with Gasteiger partial charge in [0.15, 0.2) is 17.1 Å². The van der Waals surface area contributed by atoms with Gasteiger partial charge in [0.2, 0.25) is 0 Å². The number of benzene rings is 1. The van der Waals surface area contributed by atoms with Crippen molar-refractivity contribution in [2.24, 2.45) is 15.7 Å². The lowest BCUT2D eigenvalue weighted by molar-refractivity contribution is -0.127. The summed E-state index contributed by atoms with van der Waals surface area (Å²) in [6.45, 7) is 1.41. The molecule has 8 heteroatoms. The second-order valence-electron chi connectivity index (χ2n) is 7.44. The quantitative estimate of drug-likeness (QED) is 0.690. The number of carbonyl (C=O) groups is 3. The number of aliphatic imine (C=N–C) groups is 2. The maximum absolute atomic E-state index is 13.2. The fraction of sp³-hybridized carbons (Fsp3) is 0.174. The number of hydrogen-bond donors (Lipinski definition) is 1. The van der Waals surface area contributed by atoms with Crippen LogP contribution in [0.25, 0.3) is 6.08 Å². The van der Waals surface area contributed by atoms with Crippen molar-refractivity contribution in [3.8, 4) is 5.75 Å². The highest BCUT2D eigenvalue weighted by Gasteiger charge is 2.45. The summed E-state index contributed by atoms with van der Waals surface area (Å²) in [6, 6.07) is 5.43. The Hall–Kier alpha value is -3.91. The summed E-state index contributed by atoms with van der Waals surface area (Å²) in [4.78, 5) is 47.7. The summed E-state index contributed by atoms with van der Waals surface area (Å²) < 4.78 is 6.22. The van der Waals surface area contributed by atoms with Crippen molar-refractivity contribution in [3.05, 3.63) is 70.8 Å². The number of hydrogen-bond acceptors (Lipinski definition) is 7. The van der Waals surface area contributed by atoms with Gasteiger partial charge in [-0.3, -0.25) is 24.4 Å². The monoisotopic (exact) mass is 416 g/mol. The Morgan fingerprint density at radius 2 is 1.81 bits per heavy atom. The van der Waals surface area contributed by atoms with Crippen molar-refractivity contribution in [3.63, 3.8) is 0 Å². The lowest BCUT2D eigenvalue weighted by Crippen LogP contribution is -2.51. The topological polar surface area (TPSA) is 114 Å². The van der Waals surface area contributed by atoms with Crippen molar-refractivity contribution in [2.45, 2.75) is 12.5 Å². The number of rotatable bonds is 0. The largest absolute Gasteiger partial charge is 0.457 e. The summed E-state index contributed by atoms with van der Waals surface area (Å²) >= 11 is 0. The van der Waals surface area contributed by atoms with Crippen LogP contribution in [0.3, 0.4) is 0 Å². The van der Waals surface area contributed by atoms with Gasteiger partial charge in [0.1, 0.15) is 11.5 Å². The van der Waals surface area contributed by atoms with Crippen LogP contribution in [-0.4, -0.2) is 53.9 Å². The number of likely N-dealkylation sites (N-methyl/N-ethyl adjacent to an activating group) is 1. The molecule has 2 heterocycles. The van der Waals surface area contributed by atoms with E-state index in [2.05, 4.69) is 9.98 Å². The Morgan fingerprint density at radius 3 is 2.58 bits per heavy atom. The number of para-hydroxylation sites is 1. The van der Waals surface area contributed by atoms with Crippen LogP contribution in [0.1, 0.15) is 18.1 Å². The molecule has 1 amide bonds. The van der Waals surface area contributed by atoms with Crippen LogP contribution < -0.4 is 10.5 Å². The first-order chi connectivity index (χ1) is 14.8. The SMILES string of the molecule is CC1=CC(=O)C2(N)C=Cc3cccc4c3OC2=C1C(=O)CN(C)C(=O)C=N/C=C\N=C4. The number of nitrogens with zero attached hydrogens (tertiary/aromatic N) is 3. The van der Waals surface area contributed by atoms with Gasteiger partial charge >= 0.3 is 0 Å². The van der Waals surface area contributed by atoms with Gasteiger partial charge in [-0.2, -0.15) is 0 Å². The zero-order valence-corrected chi connectivity index (χ0v) is 17.0. The normalized spacial score (nSPS) is 24.3. The molecular weight excluding hydrogens is 396 g/mol. The van der Waals surface area contributed by atoms with Gasteiger partial charge in [-0.25, -0.2) is 0 Å². The Kier molecular flexibility index (Phi) is 5.08. The maximum Gasteiger partial charge on any atom is 0.265 e. The molecule has 0 fully saturated rings. The lowest BCUT2D eigenvalue weighted by atomic mass is 9.80. The van der Waals surface area contributed by atoms with E-state index in [1.807, 2.05) is 12.1 Å². The second kappa shape index (κ2) is 7.73. The van der Waals surface area contributed by atoms with E-state index in [4.69, 9.17) is 10.5 Å². The predicted molar refractivity (Wildman–Crippen MR) is 117 cm³/mol. The third-order valence-corrected chi connectivity index (χ3v) is 5.23. The summed E-state index contributed by atoms with van der Waals surface area (Å²) in [5.41, 5.74) is 6.76. The van der Waals surface area contributed by atoms with E-state index in [-0.39, 0.29) is 17.9 Å². The van der Waals surface area contributed by atoms with E-state index in [0.29, 0.717) is 22.4 Å². The molecule has 1 atom stereocenters. The molecule has 0 radical (unpaired) electrons. The zero-order chi connectivity index (χ0) is 22.2. The molecular formula is C23H20N4O4. The van der Waals surface area contributed by atoms with Crippen LogP contribution >= 0.6 is 0 Å². The molecule has 8 nitrogen and oxygen atoms in total. The molecule has 156 valence electrons. The highest BCUT2D eigenvalue weighted by molar-refractivity contribution is 6.27. The molecule has 4 rings (SSSR count). The molecule has 1 aromatic carbocycles. The van der Waals surface area contributed by atoms with Gasteiger partial charge < -0.3 is 15.4 Å². The van der Waals surface area contributed by atoms with Crippen LogP contribution in [0, 0.1) is 0 Å². The minimum absolute atomic E-state index is 0.0401. The predicted octanol–water partition coefficient (Wildman–Crippen LogP) is 1.57. The van der Waals surface area contributed by atoms with Crippen LogP contribution in [0.15, 0.2) is 69.6 Å². The molecule has 1 aromatic rings. The average molecular weight is 416 g/mol. The highest BCUT2D eigenvalue weighted by atomic mass is 16.5. The molecule has 31 heavy (non-hydrogen) atoms. The van der Waals surface area contributed by atoms with Crippen molar-refractivity contribution in [1.29, 1.82) is 0 Å². The van der Waals surface area contributed by atoms with Gasteiger partial charge in [0, 0.05) is 36.8 Å². The fourth-order valence-electron chi connectivity index (χ4n) is 3.55. The Labute approximate surface area is 178 Å². The Bertz CT molecular complexity index is 1190. The fourth-order valence-corrected chi connectivity index (χ4v) is 3.55. The van der Waals surface area contributed by atoms with E-state index >= 15 is 0 Å². The van der Waals surface area contributed by atoms with Gasteiger partial charge in [-0.1, -0.05) is 18.2 Å². The first-order valence-electron chi connectivity index (χ1n) is 9.58. The number of allylic oxidation sites excluding steroid dienone is 1. The van der Waals surface area contributed by atoms with Crippen LogP contribution in [-0.2, 0) is 14.4 Å². The number of Topliss-reactive ketones (excluding diaryl/α,β-unsaturated/α-hetero) is 1. The molecule has 0 spiro atoms. The number of nitrogens with two attached hydrogens (primary N) is 1. The van der Waals surface area contributed by atoms with Gasteiger partial charge in [-0.05, 0) is 30.7 Å². The first-order valence-corrected chi connectivity index (χ1v) is 9.58. The van der Waals surface area contributed by atoms with Crippen LogP contribution in [0.5, 0.6) is 5.75 Å². The standard InChI is InChI=1S/C23H20N4O4/c1-14-10-18(29)23(24)7-6-15-4-3-5-16-11-25-8-9-26-12-19(30)27(2)13-17(28)20(14)22(23)31-21(15)16/h3-12H,13,24H2,1-2H3/b9-8-,25-11?,26-12?. The number of ether oxygens (including phenoxy) is 1. The smallest absolute Gasteiger partial charge is 0.265 e. The van der Waals surface area contributed by atoms with Crippen LogP contribution in [0.2, 0.25) is 0 Å². The van der Waals surface area contributed by atoms with Crippen molar-refractivity contribution < 1.29 is 19.1 Å². The van der Waals surface area contributed by atoms with Crippen molar-refractivity contribution in [1.82, 2.24) is 4.90 Å². The second-order valence-corrected chi connectivity index (χ2v) is 7.44. The molecule has 0 aromatic heterocycles. The van der Waals surface area contributed by atoms with E-state index in [1.165, 1.54) is 36.5 Å². The minimum atomic E-state index is -1.64. The number of amides is 1. The van der Waals surface area contributed by atoms with E-state index in [0.717, 1.165) is 6.21 Å². The first kappa shape index (κ1) is 20.4. The van der Waals surface area contributed by atoms with Crippen molar-refractivity contribution in [2.75, 3.05) is 13.6 Å². The minimum Gasteiger partial charge on any atom is -0.457 e. The average Bonchev–Trinajstić information content (AvgIpc) is 2.88. The molecule has 1 aliphatic carbocycles. The third-order valence-electron chi connectivity index (χ3n) is 5.23. The van der Waals surface area contributed by atoms with E-state index in [9.17, 15) is 14.4 Å². The number of ketones is 2. The molecule has 3 aliphatic rings. The van der Waals surface area contributed by atoms with E-state index < -0.39 is 23.0 Å². The Balaban J connectivity index is 1.98. The molecule has 0 saturated heterocycles. The maximum atomic E-state index is 13.2. The lowest BCUT2D eigenvalue weighted by Gasteiger charge is -2.31. The summed E-state index contributed by atoms with van der Waals surface area (Å²) in [7, 11) is 1.49. The summed E-state index contributed by atoms with van der Waals surface area (Å²) in [5.74, 6) is -0.786. The van der Waals surface area contributed by atoms with Gasteiger partial charge in [-0.15, -0.1) is 0 Å². The molecule has 2 N–H and O–H groups in total. The summed E-state index contributed by atoms with van der Waals surface area (Å²) in [6.07, 6.45) is 10.0. The molecule has 0 saturated carbocycles. The highest BCUT2D eigenvalue weighted by Crippen LogP contribution is 2.39. The van der Waals surface area contributed by atoms with Gasteiger partial charge in [0.25, 0.3) is 5.91 Å².